The molecule has 10 heavy (non-hydrogen) atoms. The van der Waals surface area contributed by atoms with E-state index < -0.39 is 0 Å². The molecule has 1 unspecified atom stereocenters. The molecule has 0 aromatic carbocycles. The summed E-state index contributed by atoms with van der Waals surface area (Å²) in [7, 11) is 0. The number of nitrogens with two attached hydrogens (primary N) is 1. The number of hydrogen-bond acceptors (Lipinski definition) is 2. The summed E-state index contributed by atoms with van der Waals surface area (Å²) < 4.78 is 0. The highest BCUT2D eigenvalue weighted by molar-refractivity contribution is 5.04. The Morgan fingerprint density at radius 2 is 2.40 bits per heavy atom. The van der Waals surface area contributed by atoms with Crippen molar-refractivity contribution in [2.75, 3.05) is 0 Å². The van der Waals surface area contributed by atoms with E-state index in [0.717, 1.165) is 6.42 Å². The fraction of sp³-hybridized carbons (Fsp3) is 0.625. The van der Waals surface area contributed by atoms with Crippen LogP contribution in [0.25, 0.3) is 0 Å². The lowest BCUT2D eigenvalue weighted by Gasteiger charge is -2.00. The molecule has 0 aliphatic carbocycles. The minimum absolute atomic E-state index is 0.331. The summed E-state index contributed by atoms with van der Waals surface area (Å²) >= 11 is 0. The summed E-state index contributed by atoms with van der Waals surface area (Å²) in [6.45, 7) is 4.07. The summed E-state index contributed by atoms with van der Waals surface area (Å²) in [6.07, 6.45) is 3.81. The predicted molar refractivity (Wildman–Crippen MR) is 42.3 cm³/mol. The van der Waals surface area contributed by atoms with Gasteiger partial charge in [-0.2, -0.15) is 5.26 Å². The summed E-state index contributed by atoms with van der Waals surface area (Å²) in [5.41, 5.74) is 6.61. The van der Waals surface area contributed by atoms with Gasteiger partial charge in [0.15, 0.2) is 0 Å². The molecular formula is C8H14N2. The molecule has 0 rings (SSSR count). The molecule has 0 aliphatic rings. The molecule has 0 saturated carbocycles. The van der Waals surface area contributed by atoms with Gasteiger partial charge in [-0.1, -0.05) is 18.6 Å². The molecule has 0 bridgehead atoms. The van der Waals surface area contributed by atoms with Crippen LogP contribution in [0, 0.1) is 11.3 Å². The second-order valence-corrected chi connectivity index (χ2v) is 2.40. The highest BCUT2D eigenvalue weighted by atomic mass is 14.6. The van der Waals surface area contributed by atoms with Crippen LogP contribution in [0.2, 0.25) is 0 Å². The van der Waals surface area contributed by atoms with Gasteiger partial charge in [-0.15, -0.1) is 0 Å². The van der Waals surface area contributed by atoms with Crippen LogP contribution in [0.5, 0.6) is 0 Å². The topological polar surface area (TPSA) is 49.8 Å². The summed E-state index contributed by atoms with van der Waals surface area (Å²) in [5.74, 6) is 0. The lowest BCUT2D eigenvalue weighted by molar-refractivity contribution is 0.808. The molecule has 0 aromatic heterocycles. The largest absolute Gasteiger partial charge is 0.316 e. The quantitative estimate of drug-likeness (QED) is 0.602. The first kappa shape index (κ1) is 9.19. The minimum Gasteiger partial charge on any atom is -0.316 e. The maximum absolute atomic E-state index is 8.35. The van der Waals surface area contributed by atoms with Crippen molar-refractivity contribution in [3.05, 3.63) is 11.6 Å². The van der Waals surface area contributed by atoms with E-state index in [0.29, 0.717) is 6.42 Å². The maximum Gasteiger partial charge on any atom is 0.0965 e. The second-order valence-electron chi connectivity index (χ2n) is 2.40. The van der Waals surface area contributed by atoms with E-state index in [1.165, 1.54) is 5.57 Å². The van der Waals surface area contributed by atoms with Crippen LogP contribution in [0.1, 0.15) is 26.7 Å². The minimum atomic E-state index is -0.331. The average Bonchev–Trinajstić information content (AvgIpc) is 1.88. The van der Waals surface area contributed by atoms with Crippen LogP contribution in [0.3, 0.4) is 0 Å². The molecule has 0 aromatic rings. The summed E-state index contributed by atoms with van der Waals surface area (Å²) in [5, 5.41) is 8.35. The highest BCUT2D eigenvalue weighted by Crippen LogP contribution is 2.02. The van der Waals surface area contributed by atoms with Crippen molar-refractivity contribution in [2.24, 2.45) is 5.73 Å². The number of rotatable bonds is 3. The van der Waals surface area contributed by atoms with E-state index in [4.69, 9.17) is 11.0 Å². The van der Waals surface area contributed by atoms with Gasteiger partial charge < -0.3 is 5.73 Å². The van der Waals surface area contributed by atoms with Crippen LogP contribution in [-0.2, 0) is 0 Å². The van der Waals surface area contributed by atoms with Gasteiger partial charge in [-0.3, -0.25) is 0 Å². The van der Waals surface area contributed by atoms with Gasteiger partial charge in [0.25, 0.3) is 0 Å². The van der Waals surface area contributed by atoms with Gasteiger partial charge in [-0.05, 0) is 19.8 Å². The van der Waals surface area contributed by atoms with Gasteiger partial charge in [0.05, 0.1) is 12.1 Å². The molecule has 2 N–H and O–H groups in total. The van der Waals surface area contributed by atoms with E-state index in [1.807, 2.05) is 13.0 Å². The SMILES string of the molecule is CCC=C(C)CC(N)C#N. The molecule has 0 fully saturated rings. The Hall–Kier alpha value is -0.810. The van der Waals surface area contributed by atoms with Crippen molar-refractivity contribution in [3.63, 3.8) is 0 Å². The molecule has 2 heteroatoms. The third-order valence-corrected chi connectivity index (χ3v) is 1.26. The first-order chi connectivity index (χ1) is 4.70. The van der Waals surface area contributed by atoms with E-state index >= 15 is 0 Å². The molecule has 0 radical (unpaired) electrons. The van der Waals surface area contributed by atoms with Crippen molar-refractivity contribution in [1.82, 2.24) is 0 Å². The molecule has 2 nitrogen and oxygen atoms in total. The number of allylic oxidation sites excluding steroid dienone is 1. The van der Waals surface area contributed by atoms with Crippen molar-refractivity contribution < 1.29 is 0 Å². The standard InChI is InChI=1S/C8H14N2/c1-3-4-7(2)5-8(10)6-9/h4,8H,3,5,10H2,1-2H3. The lowest BCUT2D eigenvalue weighted by Crippen LogP contribution is -2.16. The van der Waals surface area contributed by atoms with Crippen LogP contribution in [0.15, 0.2) is 11.6 Å². The van der Waals surface area contributed by atoms with Gasteiger partial charge in [0.1, 0.15) is 0 Å². The normalized spacial score (nSPS) is 14.4. The Morgan fingerprint density at radius 3 is 2.80 bits per heavy atom. The molecular weight excluding hydrogens is 124 g/mol. The molecule has 56 valence electrons. The van der Waals surface area contributed by atoms with Crippen molar-refractivity contribution >= 4 is 0 Å². The molecule has 0 amide bonds. The molecule has 0 aliphatic heterocycles. The zero-order valence-electron chi connectivity index (χ0n) is 6.59. The number of hydrogen-bond donors (Lipinski definition) is 1. The van der Waals surface area contributed by atoms with E-state index in [2.05, 4.69) is 13.0 Å². The Morgan fingerprint density at radius 1 is 1.80 bits per heavy atom. The first-order valence-corrected chi connectivity index (χ1v) is 3.51. The predicted octanol–water partition coefficient (Wildman–Crippen LogP) is 1.58. The molecule has 0 heterocycles. The first-order valence-electron chi connectivity index (χ1n) is 3.51. The maximum atomic E-state index is 8.35. The zero-order valence-corrected chi connectivity index (χ0v) is 6.59. The Bertz CT molecular complexity index is 153. The molecule has 0 saturated heterocycles. The summed E-state index contributed by atoms with van der Waals surface area (Å²) in [6, 6.07) is 1.66. The Kier molecular flexibility index (Phi) is 4.61. The van der Waals surface area contributed by atoms with Crippen LogP contribution < -0.4 is 5.73 Å². The lowest BCUT2D eigenvalue weighted by atomic mass is 10.1. The van der Waals surface area contributed by atoms with E-state index in [9.17, 15) is 0 Å². The Balaban J connectivity index is 3.70. The van der Waals surface area contributed by atoms with Gasteiger partial charge >= 0.3 is 0 Å². The fourth-order valence-corrected chi connectivity index (χ4v) is 0.824. The smallest absolute Gasteiger partial charge is 0.0965 e. The Labute approximate surface area is 62.3 Å². The number of nitriles is 1. The highest BCUT2D eigenvalue weighted by Gasteiger charge is 1.98. The third-order valence-electron chi connectivity index (χ3n) is 1.26. The van der Waals surface area contributed by atoms with Crippen LogP contribution >= 0.6 is 0 Å². The van der Waals surface area contributed by atoms with Gasteiger partial charge in [0, 0.05) is 0 Å². The second kappa shape index (κ2) is 5.01. The average molecular weight is 138 g/mol. The third kappa shape index (κ3) is 4.11. The molecule has 0 spiro atoms. The van der Waals surface area contributed by atoms with Crippen molar-refractivity contribution in [1.29, 1.82) is 5.26 Å². The molecule has 1 atom stereocenters. The fourth-order valence-electron chi connectivity index (χ4n) is 0.824. The summed E-state index contributed by atoms with van der Waals surface area (Å²) in [4.78, 5) is 0. The monoisotopic (exact) mass is 138 g/mol. The zero-order chi connectivity index (χ0) is 7.98. The van der Waals surface area contributed by atoms with Crippen LogP contribution in [-0.4, -0.2) is 6.04 Å². The van der Waals surface area contributed by atoms with E-state index in [-0.39, 0.29) is 6.04 Å². The van der Waals surface area contributed by atoms with Crippen molar-refractivity contribution in [3.8, 4) is 6.07 Å². The number of nitrogens with zero attached hydrogens (tertiary/aromatic N) is 1. The van der Waals surface area contributed by atoms with Crippen LogP contribution in [0.4, 0.5) is 0 Å². The van der Waals surface area contributed by atoms with Gasteiger partial charge in [-0.25, -0.2) is 0 Å². The van der Waals surface area contributed by atoms with Gasteiger partial charge in [0.2, 0.25) is 0 Å². The van der Waals surface area contributed by atoms with Crippen molar-refractivity contribution in [2.45, 2.75) is 32.7 Å². The van der Waals surface area contributed by atoms with E-state index in [1.54, 1.807) is 0 Å².